The normalized spacial score (nSPS) is 10.2. The van der Waals surface area contributed by atoms with E-state index in [1.807, 2.05) is 0 Å². The van der Waals surface area contributed by atoms with Gasteiger partial charge >= 0.3 is 5.97 Å². The predicted molar refractivity (Wildman–Crippen MR) is 72.7 cm³/mol. The summed E-state index contributed by atoms with van der Waals surface area (Å²) < 4.78 is 23.2. The van der Waals surface area contributed by atoms with Gasteiger partial charge in [0.05, 0.1) is 20.1 Å². The molecule has 0 aliphatic carbocycles. The van der Waals surface area contributed by atoms with Crippen LogP contribution in [0.3, 0.4) is 0 Å². The third-order valence-corrected chi connectivity index (χ3v) is 2.83. The first-order valence-corrected chi connectivity index (χ1v) is 6.28. The topological polar surface area (TPSA) is 76.1 Å². The van der Waals surface area contributed by atoms with Gasteiger partial charge in [-0.1, -0.05) is 0 Å². The lowest BCUT2D eigenvalue weighted by Crippen LogP contribution is -2.39. The molecule has 21 heavy (non-hydrogen) atoms. The summed E-state index contributed by atoms with van der Waals surface area (Å²) in [5.41, 5.74) is 0.371. The van der Waals surface area contributed by atoms with Gasteiger partial charge in [-0.25, -0.2) is 4.39 Å². The Labute approximate surface area is 122 Å². The highest BCUT2D eigenvalue weighted by Gasteiger charge is 2.18. The molecular formula is C14H18FNO5. The molecule has 0 heterocycles. The number of amides is 1. The molecule has 1 amide bonds. The molecule has 0 bridgehead atoms. The van der Waals surface area contributed by atoms with Crippen LogP contribution in [-0.4, -0.2) is 55.8 Å². The minimum atomic E-state index is -1.12. The van der Waals surface area contributed by atoms with Crippen molar-refractivity contribution in [2.45, 2.75) is 6.42 Å². The van der Waals surface area contributed by atoms with Gasteiger partial charge in [-0.3, -0.25) is 9.59 Å². The van der Waals surface area contributed by atoms with E-state index < -0.39 is 24.2 Å². The number of aliphatic carboxylic acids is 1. The number of ether oxygens (including phenoxy) is 2. The van der Waals surface area contributed by atoms with Crippen molar-refractivity contribution < 1.29 is 28.6 Å². The molecule has 1 rings (SSSR count). The Kier molecular flexibility index (Phi) is 6.61. The van der Waals surface area contributed by atoms with Gasteiger partial charge in [0.2, 0.25) is 5.91 Å². The molecule has 0 unspecified atom stereocenters. The molecule has 0 fully saturated rings. The number of carboxylic acid groups (broad SMARTS) is 1. The van der Waals surface area contributed by atoms with Crippen molar-refractivity contribution in [1.29, 1.82) is 0 Å². The van der Waals surface area contributed by atoms with Crippen molar-refractivity contribution in [2.24, 2.45) is 0 Å². The fourth-order valence-corrected chi connectivity index (χ4v) is 1.82. The lowest BCUT2D eigenvalue weighted by molar-refractivity contribution is -0.144. The van der Waals surface area contributed by atoms with E-state index >= 15 is 0 Å². The van der Waals surface area contributed by atoms with Crippen LogP contribution in [0.5, 0.6) is 5.75 Å². The fourth-order valence-electron chi connectivity index (χ4n) is 1.82. The van der Waals surface area contributed by atoms with E-state index in [4.69, 9.17) is 14.6 Å². The molecule has 0 aliphatic rings. The zero-order valence-electron chi connectivity index (χ0n) is 12.0. The molecule has 0 spiro atoms. The summed E-state index contributed by atoms with van der Waals surface area (Å²) in [5, 5.41) is 8.82. The lowest BCUT2D eigenvalue weighted by Gasteiger charge is -2.20. The molecule has 0 aliphatic heterocycles. The molecule has 1 N–H and O–H groups in total. The maximum absolute atomic E-state index is 13.3. The molecule has 0 atom stereocenters. The number of carbonyl (C=O) groups excluding carboxylic acids is 1. The smallest absolute Gasteiger partial charge is 0.323 e. The maximum Gasteiger partial charge on any atom is 0.323 e. The Hall–Kier alpha value is -2.15. The Bertz CT molecular complexity index is 506. The van der Waals surface area contributed by atoms with E-state index in [0.717, 1.165) is 4.90 Å². The summed E-state index contributed by atoms with van der Waals surface area (Å²) in [5.74, 6) is -1.66. The highest BCUT2D eigenvalue weighted by atomic mass is 19.1. The van der Waals surface area contributed by atoms with Gasteiger partial charge in [0.15, 0.2) is 0 Å². The molecule has 0 saturated heterocycles. The zero-order chi connectivity index (χ0) is 15.8. The molecular weight excluding hydrogens is 281 g/mol. The number of carbonyl (C=O) groups is 2. The predicted octanol–water partition coefficient (Wildman–Crippen LogP) is 0.936. The number of methoxy groups -OCH3 is 2. The van der Waals surface area contributed by atoms with Crippen LogP contribution in [0.15, 0.2) is 18.2 Å². The number of rotatable bonds is 8. The zero-order valence-corrected chi connectivity index (χ0v) is 12.0. The molecule has 7 heteroatoms. The van der Waals surface area contributed by atoms with Crippen molar-refractivity contribution >= 4 is 11.9 Å². The van der Waals surface area contributed by atoms with Crippen LogP contribution in [0.2, 0.25) is 0 Å². The van der Waals surface area contributed by atoms with Crippen LogP contribution in [0.1, 0.15) is 5.56 Å². The average molecular weight is 299 g/mol. The molecule has 116 valence electrons. The first-order valence-electron chi connectivity index (χ1n) is 6.28. The van der Waals surface area contributed by atoms with E-state index in [2.05, 4.69) is 0 Å². The van der Waals surface area contributed by atoms with Gasteiger partial charge in [0, 0.05) is 19.2 Å². The first kappa shape index (κ1) is 16.9. The summed E-state index contributed by atoms with van der Waals surface area (Å²) in [6.45, 7) is -0.0571. The maximum atomic E-state index is 13.3. The van der Waals surface area contributed by atoms with Crippen LogP contribution in [0.25, 0.3) is 0 Å². The van der Waals surface area contributed by atoms with Gasteiger partial charge in [-0.05, 0) is 18.2 Å². The molecule has 1 aromatic carbocycles. The van der Waals surface area contributed by atoms with Gasteiger partial charge < -0.3 is 19.5 Å². The molecule has 0 radical (unpaired) electrons. The third-order valence-electron chi connectivity index (χ3n) is 2.83. The molecule has 0 saturated carbocycles. The van der Waals surface area contributed by atoms with Crippen LogP contribution < -0.4 is 4.74 Å². The van der Waals surface area contributed by atoms with E-state index in [-0.39, 0.29) is 19.6 Å². The van der Waals surface area contributed by atoms with Crippen LogP contribution in [0.4, 0.5) is 4.39 Å². The van der Waals surface area contributed by atoms with Crippen LogP contribution in [-0.2, 0) is 20.7 Å². The largest absolute Gasteiger partial charge is 0.496 e. The van der Waals surface area contributed by atoms with Gasteiger partial charge in [-0.15, -0.1) is 0 Å². The standard InChI is InChI=1S/C14H18FNO5/c1-20-6-5-16(9-14(18)19)13(17)8-10-7-11(15)3-4-12(10)21-2/h3-4,7H,5-6,8-9H2,1-2H3,(H,18,19). The second kappa shape index (κ2) is 8.21. The average Bonchev–Trinajstić information content (AvgIpc) is 2.43. The Morgan fingerprint density at radius 2 is 2.05 bits per heavy atom. The van der Waals surface area contributed by atoms with Gasteiger partial charge in [-0.2, -0.15) is 0 Å². The Morgan fingerprint density at radius 1 is 1.33 bits per heavy atom. The lowest BCUT2D eigenvalue weighted by atomic mass is 10.1. The van der Waals surface area contributed by atoms with Crippen molar-refractivity contribution in [1.82, 2.24) is 4.90 Å². The number of hydrogen-bond acceptors (Lipinski definition) is 4. The number of carboxylic acids is 1. The fraction of sp³-hybridized carbons (Fsp3) is 0.429. The van der Waals surface area contributed by atoms with Gasteiger partial charge in [0.1, 0.15) is 18.1 Å². The molecule has 0 aromatic heterocycles. The summed E-state index contributed by atoms with van der Waals surface area (Å²) in [7, 11) is 2.88. The first-order chi connectivity index (χ1) is 9.97. The van der Waals surface area contributed by atoms with Gasteiger partial charge in [0.25, 0.3) is 0 Å². The third kappa shape index (κ3) is 5.39. The quantitative estimate of drug-likeness (QED) is 0.773. The summed E-state index contributed by atoms with van der Waals surface area (Å²) in [6, 6.07) is 3.85. The summed E-state index contributed by atoms with van der Waals surface area (Å²) in [4.78, 5) is 24.1. The van der Waals surface area contributed by atoms with Crippen LogP contribution >= 0.6 is 0 Å². The minimum absolute atomic E-state index is 0.141. The second-order valence-electron chi connectivity index (χ2n) is 4.33. The van der Waals surface area contributed by atoms with E-state index in [9.17, 15) is 14.0 Å². The monoisotopic (exact) mass is 299 g/mol. The van der Waals surface area contributed by atoms with E-state index in [1.165, 1.54) is 32.4 Å². The second-order valence-corrected chi connectivity index (χ2v) is 4.33. The Morgan fingerprint density at radius 3 is 2.62 bits per heavy atom. The molecule has 1 aromatic rings. The van der Waals surface area contributed by atoms with Crippen molar-refractivity contribution in [3.8, 4) is 5.75 Å². The van der Waals surface area contributed by atoms with Crippen molar-refractivity contribution in [3.05, 3.63) is 29.6 Å². The van der Waals surface area contributed by atoms with Crippen molar-refractivity contribution in [2.75, 3.05) is 33.9 Å². The highest BCUT2D eigenvalue weighted by molar-refractivity contribution is 5.83. The van der Waals surface area contributed by atoms with E-state index in [0.29, 0.717) is 11.3 Å². The summed E-state index contributed by atoms with van der Waals surface area (Å²) >= 11 is 0. The highest BCUT2D eigenvalue weighted by Crippen LogP contribution is 2.20. The number of benzene rings is 1. The summed E-state index contributed by atoms with van der Waals surface area (Å²) in [6.07, 6.45) is -0.141. The number of hydrogen-bond donors (Lipinski definition) is 1. The van der Waals surface area contributed by atoms with E-state index in [1.54, 1.807) is 0 Å². The number of nitrogens with zero attached hydrogens (tertiary/aromatic N) is 1. The minimum Gasteiger partial charge on any atom is -0.496 e. The van der Waals surface area contributed by atoms with Crippen LogP contribution in [0, 0.1) is 5.82 Å². The Balaban J connectivity index is 2.84. The molecule has 6 nitrogen and oxygen atoms in total. The number of halogens is 1. The van der Waals surface area contributed by atoms with Crippen molar-refractivity contribution in [3.63, 3.8) is 0 Å². The SMILES string of the molecule is COCCN(CC(=O)O)C(=O)Cc1cc(F)ccc1OC.